The Morgan fingerprint density at radius 3 is 0.789 bits per heavy atom. The lowest BCUT2D eigenvalue weighted by Gasteiger charge is -2.18. The molecule has 0 fully saturated rings. The van der Waals surface area contributed by atoms with Crippen LogP contribution in [0.25, 0.3) is 0 Å². The number of carbonyl (C=O) groups excluding carboxylic acids is 3. The van der Waals surface area contributed by atoms with Crippen LogP contribution in [0.15, 0.2) is 36.5 Å². The highest BCUT2D eigenvalue weighted by Crippen LogP contribution is 2.18. The SMILES string of the molecule is CCCCCCC/C=C\C/C=C\C/C=C\CCCCCCCCC(=O)OC(COC(=O)CCCCCCC)COC(=O)CCCCCCCCCCCCCCCCCCCCCCCCCCCCC. The predicted molar refractivity (Wildman–Crippen MR) is 307 cm³/mol. The van der Waals surface area contributed by atoms with E-state index in [1.54, 1.807) is 0 Å². The highest BCUT2D eigenvalue weighted by Gasteiger charge is 2.19. The molecule has 0 aliphatic rings. The molecule has 1 unspecified atom stereocenters. The van der Waals surface area contributed by atoms with Crippen LogP contribution in [0.5, 0.6) is 0 Å². The Hall–Kier alpha value is -2.37. The molecular formula is C65H120O6. The minimum absolute atomic E-state index is 0.0742. The van der Waals surface area contributed by atoms with Crippen LogP contribution in [-0.4, -0.2) is 37.2 Å². The van der Waals surface area contributed by atoms with Crippen molar-refractivity contribution in [1.82, 2.24) is 0 Å². The van der Waals surface area contributed by atoms with Gasteiger partial charge in [-0.1, -0.05) is 301 Å². The van der Waals surface area contributed by atoms with Crippen molar-refractivity contribution < 1.29 is 28.6 Å². The summed E-state index contributed by atoms with van der Waals surface area (Å²) < 4.78 is 16.8. The molecule has 0 amide bonds. The molecule has 6 nitrogen and oxygen atoms in total. The van der Waals surface area contributed by atoms with Gasteiger partial charge in [0.05, 0.1) is 0 Å². The summed E-state index contributed by atoms with van der Waals surface area (Å²) in [5.41, 5.74) is 0. The van der Waals surface area contributed by atoms with Gasteiger partial charge in [-0.25, -0.2) is 0 Å². The predicted octanol–water partition coefficient (Wildman–Crippen LogP) is 21.2. The van der Waals surface area contributed by atoms with E-state index in [0.29, 0.717) is 19.3 Å². The molecule has 0 radical (unpaired) electrons. The number of unbranched alkanes of at least 4 members (excludes halogenated alkanes) is 41. The van der Waals surface area contributed by atoms with Crippen LogP contribution in [0.2, 0.25) is 0 Å². The maximum atomic E-state index is 12.8. The average Bonchev–Trinajstić information content (AvgIpc) is 3.37. The first-order valence-electron chi connectivity index (χ1n) is 31.5. The zero-order valence-electron chi connectivity index (χ0n) is 47.8. The topological polar surface area (TPSA) is 78.9 Å². The Morgan fingerprint density at radius 1 is 0.282 bits per heavy atom. The highest BCUT2D eigenvalue weighted by atomic mass is 16.6. The van der Waals surface area contributed by atoms with E-state index < -0.39 is 6.10 Å². The lowest BCUT2D eigenvalue weighted by Crippen LogP contribution is -2.30. The molecule has 0 aliphatic heterocycles. The van der Waals surface area contributed by atoms with Crippen LogP contribution in [0.3, 0.4) is 0 Å². The molecule has 0 spiro atoms. The quantitative estimate of drug-likeness (QED) is 0.0261. The number of esters is 3. The van der Waals surface area contributed by atoms with Crippen molar-refractivity contribution in [2.24, 2.45) is 0 Å². The van der Waals surface area contributed by atoms with E-state index in [1.165, 1.54) is 218 Å². The van der Waals surface area contributed by atoms with E-state index >= 15 is 0 Å². The van der Waals surface area contributed by atoms with Gasteiger partial charge in [-0.15, -0.1) is 0 Å². The Labute approximate surface area is 442 Å². The number of allylic oxidation sites excluding steroid dienone is 6. The second kappa shape index (κ2) is 60.2. The summed E-state index contributed by atoms with van der Waals surface area (Å²) in [6.45, 7) is 6.58. The Balaban J connectivity index is 4.01. The van der Waals surface area contributed by atoms with E-state index in [-0.39, 0.29) is 31.1 Å². The second-order valence-corrected chi connectivity index (χ2v) is 21.3. The highest BCUT2D eigenvalue weighted by molar-refractivity contribution is 5.71. The molecule has 0 bridgehead atoms. The van der Waals surface area contributed by atoms with Crippen molar-refractivity contribution in [2.75, 3.05) is 13.2 Å². The normalized spacial score (nSPS) is 12.2. The van der Waals surface area contributed by atoms with Gasteiger partial charge < -0.3 is 14.2 Å². The van der Waals surface area contributed by atoms with Crippen LogP contribution < -0.4 is 0 Å². The molecule has 0 aromatic carbocycles. The van der Waals surface area contributed by atoms with Gasteiger partial charge in [0.2, 0.25) is 0 Å². The minimum atomic E-state index is -0.774. The third-order valence-electron chi connectivity index (χ3n) is 14.1. The summed E-state index contributed by atoms with van der Waals surface area (Å²) in [6, 6.07) is 0. The van der Waals surface area contributed by atoms with E-state index in [9.17, 15) is 14.4 Å². The second-order valence-electron chi connectivity index (χ2n) is 21.3. The van der Waals surface area contributed by atoms with Gasteiger partial charge in [-0.3, -0.25) is 14.4 Å². The largest absolute Gasteiger partial charge is 0.462 e. The monoisotopic (exact) mass is 997 g/mol. The summed E-state index contributed by atoms with van der Waals surface area (Å²) in [7, 11) is 0. The molecule has 0 N–H and O–H groups in total. The van der Waals surface area contributed by atoms with E-state index in [2.05, 4.69) is 57.2 Å². The van der Waals surface area contributed by atoms with E-state index in [1.807, 2.05) is 0 Å². The van der Waals surface area contributed by atoms with Gasteiger partial charge in [-0.05, 0) is 57.8 Å². The van der Waals surface area contributed by atoms with Gasteiger partial charge in [0.15, 0.2) is 6.10 Å². The number of rotatable bonds is 58. The van der Waals surface area contributed by atoms with Crippen molar-refractivity contribution in [3.8, 4) is 0 Å². The van der Waals surface area contributed by atoms with Crippen LogP contribution in [-0.2, 0) is 28.6 Å². The standard InChI is InChI=1S/C65H120O6/c1-4-7-10-13-15-17-19-21-23-25-27-29-30-31-32-33-34-36-37-39-41-43-45-47-49-52-55-58-64(67)70-61-62(60-69-63(66)57-54-51-12-9-6-3)71-65(68)59-56-53-50-48-46-44-42-40-38-35-28-26-24-22-20-18-16-14-11-8-5-2/h20,22,26,28,38,40,62H,4-19,21,23-25,27,29-37,39,41-61H2,1-3H3/b22-20-,28-26-,40-38-. The maximum Gasteiger partial charge on any atom is 0.306 e. The molecule has 6 heteroatoms. The van der Waals surface area contributed by atoms with Crippen LogP contribution in [0.1, 0.15) is 342 Å². The number of hydrogen-bond donors (Lipinski definition) is 0. The van der Waals surface area contributed by atoms with Gasteiger partial charge in [-0.2, -0.15) is 0 Å². The van der Waals surface area contributed by atoms with Crippen molar-refractivity contribution in [3.05, 3.63) is 36.5 Å². The van der Waals surface area contributed by atoms with E-state index in [4.69, 9.17) is 14.2 Å². The Bertz CT molecular complexity index is 1190. The van der Waals surface area contributed by atoms with Gasteiger partial charge in [0.1, 0.15) is 13.2 Å². The van der Waals surface area contributed by atoms with Crippen molar-refractivity contribution in [3.63, 3.8) is 0 Å². The van der Waals surface area contributed by atoms with E-state index in [0.717, 1.165) is 83.5 Å². The molecular weight excluding hydrogens is 877 g/mol. The zero-order valence-corrected chi connectivity index (χ0v) is 47.8. The summed E-state index contributed by atoms with van der Waals surface area (Å²) in [5, 5.41) is 0. The molecule has 0 saturated carbocycles. The molecule has 0 aliphatic carbocycles. The first-order chi connectivity index (χ1) is 35.0. The molecule has 0 saturated heterocycles. The average molecular weight is 998 g/mol. The third-order valence-corrected chi connectivity index (χ3v) is 14.1. The maximum absolute atomic E-state index is 12.8. The summed E-state index contributed by atoms with van der Waals surface area (Å²) in [4.78, 5) is 37.9. The molecule has 416 valence electrons. The Kier molecular flexibility index (Phi) is 58.2. The Morgan fingerprint density at radius 2 is 0.507 bits per heavy atom. The lowest BCUT2D eigenvalue weighted by atomic mass is 10.0. The first kappa shape index (κ1) is 68.6. The summed E-state index contributed by atoms with van der Waals surface area (Å²) in [5.74, 6) is -0.883. The fourth-order valence-electron chi connectivity index (χ4n) is 9.39. The fraction of sp³-hybridized carbons (Fsp3) is 0.862. The van der Waals surface area contributed by atoms with Gasteiger partial charge in [0, 0.05) is 19.3 Å². The lowest BCUT2D eigenvalue weighted by molar-refractivity contribution is -0.167. The van der Waals surface area contributed by atoms with Crippen LogP contribution in [0, 0.1) is 0 Å². The molecule has 0 heterocycles. The molecule has 0 aromatic rings. The molecule has 71 heavy (non-hydrogen) atoms. The van der Waals surface area contributed by atoms with Gasteiger partial charge in [0.25, 0.3) is 0 Å². The van der Waals surface area contributed by atoms with Crippen molar-refractivity contribution in [2.45, 2.75) is 348 Å². The molecule has 1 atom stereocenters. The van der Waals surface area contributed by atoms with Crippen LogP contribution >= 0.6 is 0 Å². The first-order valence-corrected chi connectivity index (χ1v) is 31.5. The van der Waals surface area contributed by atoms with Gasteiger partial charge >= 0.3 is 17.9 Å². The third kappa shape index (κ3) is 58.4. The summed E-state index contributed by atoms with van der Waals surface area (Å²) >= 11 is 0. The minimum Gasteiger partial charge on any atom is -0.462 e. The fourth-order valence-corrected chi connectivity index (χ4v) is 9.39. The van der Waals surface area contributed by atoms with Crippen molar-refractivity contribution >= 4 is 17.9 Å². The summed E-state index contributed by atoms with van der Waals surface area (Å²) in [6.07, 6.45) is 73.5. The number of ether oxygens (including phenoxy) is 3. The number of carbonyl (C=O) groups is 3. The smallest absolute Gasteiger partial charge is 0.306 e. The zero-order chi connectivity index (χ0) is 51.4. The van der Waals surface area contributed by atoms with Crippen molar-refractivity contribution in [1.29, 1.82) is 0 Å². The number of hydrogen-bond acceptors (Lipinski definition) is 6. The molecule has 0 rings (SSSR count). The molecule has 0 aromatic heterocycles. The van der Waals surface area contributed by atoms with Crippen LogP contribution in [0.4, 0.5) is 0 Å².